The van der Waals surface area contributed by atoms with Crippen LogP contribution in [0.2, 0.25) is 10.0 Å². The second kappa shape index (κ2) is 6.66. The SMILES string of the molecule is CCNC(CC)c1nnc(-c2cc(Cl)ccc2Cl)s1. The first kappa shape index (κ1) is 14.7. The van der Waals surface area contributed by atoms with E-state index in [9.17, 15) is 0 Å². The highest BCUT2D eigenvalue weighted by Gasteiger charge is 2.16. The van der Waals surface area contributed by atoms with Crippen LogP contribution in [-0.2, 0) is 0 Å². The number of nitrogens with zero attached hydrogens (tertiary/aromatic N) is 2. The molecule has 0 radical (unpaired) electrons. The van der Waals surface area contributed by atoms with E-state index in [4.69, 9.17) is 23.2 Å². The molecular weight excluding hydrogens is 301 g/mol. The molecule has 1 heterocycles. The minimum atomic E-state index is 0.245. The predicted octanol–water partition coefficient (Wildman–Crippen LogP) is 4.57. The summed E-state index contributed by atoms with van der Waals surface area (Å²) < 4.78 is 0. The normalized spacial score (nSPS) is 12.6. The van der Waals surface area contributed by atoms with Crippen molar-refractivity contribution in [1.29, 1.82) is 0 Å². The van der Waals surface area contributed by atoms with Gasteiger partial charge in [-0.2, -0.15) is 0 Å². The topological polar surface area (TPSA) is 37.8 Å². The summed E-state index contributed by atoms with van der Waals surface area (Å²) in [5.41, 5.74) is 0.837. The minimum absolute atomic E-state index is 0.245. The van der Waals surface area contributed by atoms with Gasteiger partial charge < -0.3 is 5.32 Å². The van der Waals surface area contributed by atoms with Crippen LogP contribution in [0.25, 0.3) is 10.6 Å². The number of hydrogen-bond acceptors (Lipinski definition) is 4. The van der Waals surface area contributed by atoms with Gasteiger partial charge in [-0.1, -0.05) is 48.4 Å². The Bertz CT molecular complexity index is 557. The van der Waals surface area contributed by atoms with E-state index in [0.717, 1.165) is 28.5 Å². The lowest BCUT2D eigenvalue weighted by Gasteiger charge is -2.11. The number of halogens is 2. The molecule has 3 nitrogen and oxygen atoms in total. The van der Waals surface area contributed by atoms with Crippen LogP contribution in [0.5, 0.6) is 0 Å². The Labute approximate surface area is 127 Å². The van der Waals surface area contributed by atoms with Crippen molar-refractivity contribution in [2.45, 2.75) is 26.3 Å². The Kier molecular flexibility index (Phi) is 5.16. The van der Waals surface area contributed by atoms with E-state index < -0.39 is 0 Å². The Balaban J connectivity index is 2.32. The molecule has 0 aliphatic carbocycles. The summed E-state index contributed by atoms with van der Waals surface area (Å²) >= 11 is 13.7. The molecule has 0 aliphatic heterocycles. The summed E-state index contributed by atoms with van der Waals surface area (Å²) in [6.45, 7) is 5.12. The van der Waals surface area contributed by atoms with Gasteiger partial charge in [0.05, 0.1) is 11.1 Å². The first-order chi connectivity index (χ1) is 9.15. The van der Waals surface area contributed by atoms with Gasteiger partial charge in [0.25, 0.3) is 0 Å². The van der Waals surface area contributed by atoms with Crippen molar-refractivity contribution in [3.63, 3.8) is 0 Å². The van der Waals surface area contributed by atoms with Crippen molar-refractivity contribution in [1.82, 2.24) is 15.5 Å². The highest BCUT2D eigenvalue weighted by molar-refractivity contribution is 7.14. The monoisotopic (exact) mass is 315 g/mol. The molecule has 0 bridgehead atoms. The van der Waals surface area contributed by atoms with Crippen LogP contribution in [0, 0.1) is 0 Å². The fourth-order valence-electron chi connectivity index (χ4n) is 1.80. The highest BCUT2D eigenvalue weighted by Crippen LogP contribution is 2.34. The van der Waals surface area contributed by atoms with Crippen molar-refractivity contribution in [2.75, 3.05) is 6.54 Å². The van der Waals surface area contributed by atoms with E-state index in [2.05, 4.69) is 29.4 Å². The lowest BCUT2D eigenvalue weighted by Crippen LogP contribution is -2.19. The lowest BCUT2D eigenvalue weighted by molar-refractivity contribution is 0.531. The average molecular weight is 316 g/mol. The van der Waals surface area contributed by atoms with E-state index in [1.165, 1.54) is 0 Å². The highest BCUT2D eigenvalue weighted by atomic mass is 35.5. The van der Waals surface area contributed by atoms with Gasteiger partial charge in [-0.15, -0.1) is 10.2 Å². The van der Waals surface area contributed by atoms with Crippen LogP contribution in [-0.4, -0.2) is 16.7 Å². The number of aromatic nitrogens is 2. The molecule has 0 saturated heterocycles. The molecule has 0 aliphatic rings. The molecule has 1 unspecified atom stereocenters. The number of benzene rings is 1. The van der Waals surface area contributed by atoms with Crippen molar-refractivity contribution in [3.8, 4) is 10.6 Å². The molecular formula is C13H15Cl2N3S. The quantitative estimate of drug-likeness (QED) is 0.878. The summed E-state index contributed by atoms with van der Waals surface area (Å²) in [4.78, 5) is 0. The number of rotatable bonds is 5. The van der Waals surface area contributed by atoms with Gasteiger partial charge in [0, 0.05) is 10.6 Å². The van der Waals surface area contributed by atoms with E-state index in [1.54, 1.807) is 23.5 Å². The van der Waals surface area contributed by atoms with Crippen LogP contribution in [0.4, 0.5) is 0 Å². The molecule has 0 spiro atoms. The number of hydrogen-bond donors (Lipinski definition) is 1. The van der Waals surface area contributed by atoms with E-state index in [-0.39, 0.29) is 6.04 Å². The van der Waals surface area contributed by atoms with Crippen LogP contribution in [0.3, 0.4) is 0 Å². The first-order valence-corrected chi connectivity index (χ1v) is 7.75. The molecule has 1 N–H and O–H groups in total. The zero-order valence-electron chi connectivity index (χ0n) is 10.8. The van der Waals surface area contributed by atoms with Crippen LogP contribution >= 0.6 is 34.5 Å². The number of nitrogens with one attached hydrogen (secondary N) is 1. The molecule has 2 aromatic rings. The Morgan fingerprint density at radius 1 is 1.26 bits per heavy atom. The van der Waals surface area contributed by atoms with E-state index in [1.807, 2.05) is 6.07 Å². The second-order valence-corrected chi connectivity index (χ2v) is 5.94. The first-order valence-electron chi connectivity index (χ1n) is 6.17. The van der Waals surface area contributed by atoms with Gasteiger partial charge in [-0.25, -0.2) is 0 Å². The zero-order valence-corrected chi connectivity index (χ0v) is 13.1. The predicted molar refractivity (Wildman–Crippen MR) is 82.1 cm³/mol. The van der Waals surface area contributed by atoms with Gasteiger partial charge in [0.1, 0.15) is 10.0 Å². The molecule has 2 rings (SSSR count). The van der Waals surface area contributed by atoms with Crippen molar-refractivity contribution in [3.05, 3.63) is 33.3 Å². The molecule has 1 atom stereocenters. The third-order valence-electron chi connectivity index (χ3n) is 2.76. The summed E-state index contributed by atoms with van der Waals surface area (Å²) in [6.07, 6.45) is 0.978. The van der Waals surface area contributed by atoms with Gasteiger partial charge in [-0.05, 0) is 31.2 Å². The molecule has 19 heavy (non-hydrogen) atoms. The fraction of sp³-hybridized carbons (Fsp3) is 0.385. The smallest absolute Gasteiger partial charge is 0.149 e. The Morgan fingerprint density at radius 2 is 2.05 bits per heavy atom. The zero-order chi connectivity index (χ0) is 13.8. The van der Waals surface area contributed by atoms with Crippen molar-refractivity contribution < 1.29 is 0 Å². The van der Waals surface area contributed by atoms with Gasteiger partial charge in [-0.3, -0.25) is 0 Å². The summed E-state index contributed by atoms with van der Waals surface area (Å²) in [7, 11) is 0. The van der Waals surface area contributed by atoms with Gasteiger partial charge in [0.2, 0.25) is 0 Å². The van der Waals surface area contributed by atoms with Crippen molar-refractivity contribution in [2.24, 2.45) is 0 Å². The summed E-state index contributed by atoms with van der Waals surface area (Å²) in [5.74, 6) is 0. The molecule has 0 saturated carbocycles. The Hall–Kier alpha value is -0.680. The standard InChI is InChI=1S/C13H15Cl2N3S/c1-3-11(16-4-2)13-18-17-12(19-13)9-7-8(14)5-6-10(9)15/h5-7,11,16H,3-4H2,1-2H3. The van der Waals surface area contributed by atoms with Crippen LogP contribution < -0.4 is 5.32 Å². The average Bonchev–Trinajstić information content (AvgIpc) is 2.88. The summed E-state index contributed by atoms with van der Waals surface area (Å²) in [6, 6.07) is 5.61. The Morgan fingerprint density at radius 3 is 2.74 bits per heavy atom. The third kappa shape index (κ3) is 3.45. The van der Waals surface area contributed by atoms with Crippen LogP contribution in [0.15, 0.2) is 18.2 Å². The molecule has 1 aromatic heterocycles. The van der Waals surface area contributed by atoms with Crippen LogP contribution in [0.1, 0.15) is 31.3 Å². The molecule has 0 fully saturated rings. The van der Waals surface area contributed by atoms with Gasteiger partial charge >= 0.3 is 0 Å². The molecule has 0 amide bonds. The maximum Gasteiger partial charge on any atom is 0.149 e. The third-order valence-corrected chi connectivity index (χ3v) is 4.39. The maximum atomic E-state index is 6.18. The van der Waals surface area contributed by atoms with E-state index >= 15 is 0 Å². The fourth-order valence-corrected chi connectivity index (χ4v) is 3.27. The maximum absolute atomic E-state index is 6.18. The van der Waals surface area contributed by atoms with E-state index in [0.29, 0.717) is 10.0 Å². The lowest BCUT2D eigenvalue weighted by atomic mass is 10.2. The second-order valence-electron chi connectivity index (χ2n) is 4.09. The molecule has 102 valence electrons. The largest absolute Gasteiger partial charge is 0.308 e. The van der Waals surface area contributed by atoms with Gasteiger partial charge in [0.15, 0.2) is 0 Å². The molecule has 6 heteroatoms. The minimum Gasteiger partial charge on any atom is -0.308 e. The molecule has 1 aromatic carbocycles. The summed E-state index contributed by atoms with van der Waals surface area (Å²) in [5, 5.41) is 14.9. The van der Waals surface area contributed by atoms with Crippen molar-refractivity contribution >= 4 is 34.5 Å².